The van der Waals surface area contributed by atoms with Crippen LogP contribution >= 0.6 is 24.0 Å². The third kappa shape index (κ3) is 7.98. The van der Waals surface area contributed by atoms with Crippen LogP contribution in [-0.4, -0.2) is 32.8 Å². The molecule has 0 aromatic heterocycles. The summed E-state index contributed by atoms with van der Waals surface area (Å²) in [4.78, 5) is 3.86. The number of hydrogen-bond donors (Lipinski definition) is 2. The predicted octanol–water partition coefficient (Wildman–Crippen LogP) is 2.93. The Balaban J connectivity index is 0.00000400. The Morgan fingerprint density at radius 3 is 2.48 bits per heavy atom. The molecule has 1 aromatic carbocycles. The topological polar surface area (TPSA) is 45.7 Å². The number of methoxy groups -OCH3 is 1. The number of para-hydroxylation sites is 1. The van der Waals surface area contributed by atoms with Crippen molar-refractivity contribution in [3.8, 4) is 5.75 Å². The molecule has 8 heteroatoms. The van der Waals surface area contributed by atoms with Gasteiger partial charge in [0, 0.05) is 25.7 Å². The van der Waals surface area contributed by atoms with Crippen molar-refractivity contribution in [3.05, 3.63) is 29.8 Å². The lowest BCUT2D eigenvalue weighted by Gasteiger charge is -2.14. The molecule has 0 radical (unpaired) electrons. The summed E-state index contributed by atoms with van der Waals surface area (Å²) < 4.78 is 41.3. The molecule has 0 heterocycles. The van der Waals surface area contributed by atoms with Gasteiger partial charge < -0.3 is 15.4 Å². The Morgan fingerprint density at radius 1 is 1.24 bits per heavy atom. The summed E-state index contributed by atoms with van der Waals surface area (Å²) in [7, 11) is 3.07. The van der Waals surface area contributed by atoms with Crippen molar-refractivity contribution in [2.24, 2.45) is 4.99 Å². The fourth-order valence-electron chi connectivity index (χ4n) is 1.57. The number of nitrogens with one attached hydrogen (secondary N) is 2. The molecule has 0 saturated heterocycles. The summed E-state index contributed by atoms with van der Waals surface area (Å²) in [5.74, 6) is 1.03. The number of guanidine groups is 1. The molecule has 0 amide bonds. The standard InChI is InChI=1S/C13H18F3N3O.HI/c1-17-12(18-8-7-13(14,15)16)19-9-10-5-3-4-6-11(10)20-2;/h3-6H,7-9H2,1-2H3,(H2,17,18,19);1H. The van der Waals surface area contributed by atoms with Crippen molar-refractivity contribution in [2.75, 3.05) is 20.7 Å². The number of ether oxygens (including phenoxy) is 1. The molecule has 0 spiro atoms. The van der Waals surface area contributed by atoms with E-state index in [9.17, 15) is 13.2 Å². The van der Waals surface area contributed by atoms with Crippen molar-refractivity contribution in [2.45, 2.75) is 19.1 Å². The van der Waals surface area contributed by atoms with E-state index < -0.39 is 12.6 Å². The smallest absolute Gasteiger partial charge is 0.390 e. The molecule has 0 aliphatic rings. The Morgan fingerprint density at radius 2 is 1.90 bits per heavy atom. The fraction of sp³-hybridized carbons (Fsp3) is 0.462. The summed E-state index contributed by atoms with van der Waals surface area (Å²) in [5, 5.41) is 5.55. The molecule has 120 valence electrons. The van der Waals surface area contributed by atoms with Crippen LogP contribution in [0.1, 0.15) is 12.0 Å². The molecular formula is C13H19F3IN3O. The van der Waals surface area contributed by atoms with Gasteiger partial charge >= 0.3 is 6.18 Å². The molecule has 1 aromatic rings. The van der Waals surface area contributed by atoms with Crippen LogP contribution in [0, 0.1) is 0 Å². The van der Waals surface area contributed by atoms with Crippen molar-refractivity contribution >= 4 is 29.9 Å². The zero-order chi connectivity index (χ0) is 15.0. The second-order valence-corrected chi connectivity index (χ2v) is 4.03. The zero-order valence-electron chi connectivity index (χ0n) is 11.8. The number of rotatable bonds is 5. The van der Waals surface area contributed by atoms with E-state index in [0.717, 1.165) is 5.56 Å². The quantitative estimate of drug-likeness (QED) is 0.440. The van der Waals surface area contributed by atoms with Gasteiger partial charge in [-0.05, 0) is 6.07 Å². The number of alkyl halides is 3. The van der Waals surface area contributed by atoms with Crippen LogP contribution in [0.15, 0.2) is 29.3 Å². The molecule has 0 atom stereocenters. The molecule has 0 fully saturated rings. The maximum atomic E-state index is 12.0. The lowest BCUT2D eigenvalue weighted by Crippen LogP contribution is -2.38. The highest BCUT2D eigenvalue weighted by Gasteiger charge is 2.26. The highest BCUT2D eigenvalue weighted by atomic mass is 127. The SMILES string of the molecule is CN=C(NCCC(F)(F)F)NCc1ccccc1OC.I. The Kier molecular flexibility index (Phi) is 9.14. The summed E-state index contributed by atoms with van der Waals surface area (Å²) >= 11 is 0. The van der Waals surface area contributed by atoms with Gasteiger partial charge in [0.15, 0.2) is 5.96 Å². The molecule has 2 N–H and O–H groups in total. The van der Waals surface area contributed by atoms with Crippen molar-refractivity contribution in [1.82, 2.24) is 10.6 Å². The van der Waals surface area contributed by atoms with Gasteiger partial charge in [0.25, 0.3) is 0 Å². The van der Waals surface area contributed by atoms with E-state index in [0.29, 0.717) is 18.3 Å². The first-order valence-corrected chi connectivity index (χ1v) is 6.09. The summed E-state index contributed by atoms with van der Waals surface area (Å²) in [5.41, 5.74) is 0.897. The fourth-order valence-corrected chi connectivity index (χ4v) is 1.57. The van der Waals surface area contributed by atoms with Crippen LogP contribution in [0.25, 0.3) is 0 Å². The number of aliphatic imine (C=N–C) groups is 1. The van der Waals surface area contributed by atoms with Gasteiger partial charge in [-0.15, -0.1) is 24.0 Å². The van der Waals surface area contributed by atoms with Crippen LogP contribution in [0.4, 0.5) is 13.2 Å². The highest BCUT2D eigenvalue weighted by Crippen LogP contribution is 2.18. The molecule has 4 nitrogen and oxygen atoms in total. The summed E-state index contributed by atoms with van der Waals surface area (Å²) in [6.07, 6.45) is -5.07. The average Bonchev–Trinajstić information content (AvgIpc) is 2.41. The Hall–Kier alpha value is -1.19. The second kappa shape index (κ2) is 9.69. The van der Waals surface area contributed by atoms with E-state index >= 15 is 0 Å². The van der Waals surface area contributed by atoms with Gasteiger partial charge in [-0.25, -0.2) is 0 Å². The van der Waals surface area contributed by atoms with Gasteiger partial charge in [-0.3, -0.25) is 4.99 Å². The maximum absolute atomic E-state index is 12.0. The first-order valence-electron chi connectivity index (χ1n) is 6.09. The molecule has 0 unspecified atom stereocenters. The summed E-state index contributed by atoms with van der Waals surface area (Å²) in [6.45, 7) is 0.199. The number of benzene rings is 1. The largest absolute Gasteiger partial charge is 0.496 e. The third-order valence-corrected chi connectivity index (χ3v) is 2.56. The Labute approximate surface area is 139 Å². The molecule has 0 saturated carbocycles. The minimum absolute atomic E-state index is 0. The molecular weight excluding hydrogens is 398 g/mol. The normalized spacial score (nSPS) is 11.6. The predicted molar refractivity (Wildman–Crippen MR) is 87.3 cm³/mol. The lowest BCUT2D eigenvalue weighted by molar-refractivity contribution is -0.132. The van der Waals surface area contributed by atoms with Crippen LogP contribution in [-0.2, 0) is 6.54 Å². The first-order chi connectivity index (χ1) is 9.46. The molecule has 0 aliphatic carbocycles. The van der Waals surface area contributed by atoms with Crippen molar-refractivity contribution in [1.29, 1.82) is 0 Å². The van der Waals surface area contributed by atoms with Gasteiger partial charge in [0.2, 0.25) is 0 Å². The molecule has 0 aliphatic heterocycles. The minimum atomic E-state index is -4.17. The lowest BCUT2D eigenvalue weighted by atomic mass is 10.2. The van der Waals surface area contributed by atoms with Crippen LogP contribution in [0.3, 0.4) is 0 Å². The van der Waals surface area contributed by atoms with E-state index in [-0.39, 0.29) is 30.5 Å². The van der Waals surface area contributed by atoms with E-state index in [2.05, 4.69) is 15.6 Å². The van der Waals surface area contributed by atoms with E-state index in [4.69, 9.17) is 4.74 Å². The van der Waals surface area contributed by atoms with E-state index in [1.54, 1.807) is 7.11 Å². The first kappa shape index (κ1) is 19.8. The van der Waals surface area contributed by atoms with E-state index in [1.165, 1.54) is 7.05 Å². The van der Waals surface area contributed by atoms with Gasteiger partial charge in [0.1, 0.15) is 5.75 Å². The summed E-state index contributed by atoms with van der Waals surface area (Å²) in [6, 6.07) is 7.39. The number of halogens is 4. The van der Waals surface area contributed by atoms with Gasteiger partial charge in [0.05, 0.1) is 13.5 Å². The number of hydrogen-bond acceptors (Lipinski definition) is 2. The van der Waals surface area contributed by atoms with Crippen LogP contribution < -0.4 is 15.4 Å². The molecule has 21 heavy (non-hydrogen) atoms. The molecule has 0 bridgehead atoms. The van der Waals surface area contributed by atoms with Crippen LogP contribution in [0.2, 0.25) is 0 Å². The monoisotopic (exact) mass is 417 g/mol. The van der Waals surface area contributed by atoms with Gasteiger partial charge in [-0.2, -0.15) is 13.2 Å². The second-order valence-electron chi connectivity index (χ2n) is 4.03. The zero-order valence-corrected chi connectivity index (χ0v) is 14.2. The Bertz CT molecular complexity index is 453. The molecule has 1 rings (SSSR count). The van der Waals surface area contributed by atoms with Crippen molar-refractivity contribution in [3.63, 3.8) is 0 Å². The van der Waals surface area contributed by atoms with Gasteiger partial charge in [-0.1, -0.05) is 18.2 Å². The minimum Gasteiger partial charge on any atom is -0.496 e. The van der Waals surface area contributed by atoms with Crippen molar-refractivity contribution < 1.29 is 17.9 Å². The van der Waals surface area contributed by atoms with Crippen LogP contribution in [0.5, 0.6) is 5.75 Å². The van der Waals surface area contributed by atoms with E-state index in [1.807, 2.05) is 24.3 Å². The number of nitrogens with zero attached hydrogens (tertiary/aromatic N) is 1. The highest BCUT2D eigenvalue weighted by molar-refractivity contribution is 14.0. The third-order valence-electron chi connectivity index (χ3n) is 2.56. The average molecular weight is 417 g/mol. The maximum Gasteiger partial charge on any atom is 0.390 e.